The van der Waals surface area contributed by atoms with E-state index < -0.39 is 17.1 Å². The molecule has 2 aromatic heterocycles. The van der Waals surface area contributed by atoms with E-state index in [1.165, 1.54) is 6.42 Å². The highest BCUT2D eigenvalue weighted by Gasteiger charge is 2.57. The largest absolute Gasteiger partial charge is 0.609 e. The summed E-state index contributed by atoms with van der Waals surface area (Å²) in [5.74, 6) is 0.486. The van der Waals surface area contributed by atoms with Crippen molar-refractivity contribution < 1.29 is 23.5 Å². The minimum atomic E-state index is -1.35. The van der Waals surface area contributed by atoms with E-state index in [-0.39, 0.29) is 11.2 Å². The molecule has 7 rings (SSSR count). The second-order valence-corrected chi connectivity index (χ2v) is 10.7. The molecule has 33 heavy (non-hydrogen) atoms. The van der Waals surface area contributed by atoms with Crippen LogP contribution in [0.1, 0.15) is 30.5 Å². The zero-order valence-electron chi connectivity index (χ0n) is 18.5. The van der Waals surface area contributed by atoms with Gasteiger partial charge in [0.25, 0.3) is 5.97 Å². The van der Waals surface area contributed by atoms with E-state index in [1.807, 2.05) is 37.3 Å². The summed E-state index contributed by atoms with van der Waals surface area (Å²) in [5.41, 5.74) is 2.95. The maximum atomic E-state index is 13.0. The number of aromatic amines is 1. The molecule has 1 aliphatic carbocycles. The second kappa shape index (κ2) is 8.25. The number of ether oxygens (including phenoxy) is 4. The van der Waals surface area contributed by atoms with Crippen LogP contribution in [0.2, 0.25) is 0 Å². The Bertz CT molecular complexity index is 1110. The lowest BCUT2D eigenvalue weighted by molar-refractivity contribution is -0.492. The van der Waals surface area contributed by atoms with Crippen LogP contribution in [0, 0.1) is 18.3 Å². The van der Waals surface area contributed by atoms with Crippen LogP contribution in [0.3, 0.4) is 0 Å². The average molecular weight is 470 g/mol. The van der Waals surface area contributed by atoms with E-state index in [4.69, 9.17) is 18.9 Å². The number of para-hydroxylation sites is 2. The minimum Gasteiger partial charge on any atom is -0.609 e. The zero-order valence-corrected chi connectivity index (χ0v) is 19.4. The maximum Gasteiger partial charge on any atom is 0.322 e. The molecule has 9 heteroatoms. The van der Waals surface area contributed by atoms with E-state index in [9.17, 15) is 4.55 Å². The van der Waals surface area contributed by atoms with Crippen molar-refractivity contribution in [2.45, 2.75) is 43.1 Å². The second-order valence-electron chi connectivity index (χ2n) is 9.32. The Morgan fingerprint density at radius 2 is 1.91 bits per heavy atom. The predicted octanol–water partition coefficient (Wildman–Crippen LogP) is 3.47. The minimum absolute atomic E-state index is 0.257. The molecule has 0 spiro atoms. The van der Waals surface area contributed by atoms with Crippen molar-refractivity contribution in [2.75, 3.05) is 26.4 Å². The number of hydrogen-bond donors (Lipinski definition) is 1. The topological polar surface area (TPSA) is 102 Å². The summed E-state index contributed by atoms with van der Waals surface area (Å²) in [6, 6.07) is 9.49. The molecule has 1 atom stereocenters. The number of imidazole rings is 1. The van der Waals surface area contributed by atoms with E-state index in [2.05, 4.69) is 15.0 Å². The summed E-state index contributed by atoms with van der Waals surface area (Å²) in [6.07, 6.45) is 5.09. The van der Waals surface area contributed by atoms with Crippen molar-refractivity contribution in [1.29, 1.82) is 0 Å². The van der Waals surface area contributed by atoms with Gasteiger partial charge < -0.3 is 23.5 Å². The lowest BCUT2D eigenvalue weighted by Gasteiger charge is -2.55. The Morgan fingerprint density at radius 3 is 2.61 bits per heavy atom. The van der Waals surface area contributed by atoms with Gasteiger partial charge in [-0.05, 0) is 38.0 Å². The molecule has 0 amide bonds. The molecule has 174 valence electrons. The van der Waals surface area contributed by atoms with Crippen molar-refractivity contribution in [3.05, 3.63) is 47.8 Å². The summed E-state index contributed by atoms with van der Waals surface area (Å²) in [5, 5.41) is 0.452. The van der Waals surface area contributed by atoms with Crippen molar-refractivity contribution in [2.24, 2.45) is 11.3 Å². The van der Waals surface area contributed by atoms with Gasteiger partial charge in [-0.15, -0.1) is 0 Å². The lowest BCUT2D eigenvalue weighted by Crippen LogP contribution is -2.65. The van der Waals surface area contributed by atoms with E-state index in [0.29, 0.717) is 37.5 Å². The highest BCUT2D eigenvalue weighted by molar-refractivity contribution is 7.90. The molecular weight excluding hydrogens is 442 g/mol. The van der Waals surface area contributed by atoms with Gasteiger partial charge in [0.05, 0.1) is 42.0 Å². The third-order valence-corrected chi connectivity index (χ3v) is 8.15. The van der Waals surface area contributed by atoms with Crippen LogP contribution in [0.4, 0.5) is 0 Å². The summed E-state index contributed by atoms with van der Waals surface area (Å²) >= 11 is -1.35. The zero-order chi connectivity index (χ0) is 22.5. The average Bonchev–Trinajstić information content (AvgIpc) is 3.24. The first kappa shape index (κ1) is 21.4. The van der Waals surface area contributed by atoms with Crippen LogP contribution >= 0.6 is 0 Å². The van der Waals surface area contributed by atoms with Gasteiger partial charge in [-0.25, -0.2) is 0 Å². The molecule has 8 nitrogen and oxygen atoms in total. The molecule has 4 aliphatic rings. The SMILES string of the molecule is Cc1c(OCC23COC(C4CCC4)(OC2)OC3)ccnc1C[S+]([O-])c1nc2ccccc2[nH]1. The summed E-state index contributed by atoms with van der Waals surface area (Å²) in [4.78, 5) is 12.1. The molecule has 4 fully saturated rings. The molecule has 5 heterocycles. The first-order valence-electron chi connectivity index (χ1n) is 11.4. The van der Waals surface area contributed by atoms with E-state index in [0.717, 1.165) is 40.9 Å². The fourth-order valence-electron chi connectivity index (χ4n) is 4.57. The van der Waals surface area contributed by atoms with E-state index >= 15 is 0 Å². The number of hydrogen-bond acceptors (Lipinski definition) is 7. The van der Waals surface area contributed by atoms with Crippen molar-refractivity contribution in [3.63, 3.8) is 0 Å². The fourth-order valence-corrected chi connectivity index (χ4v) is 5.67. The first-order chi connectivity index (χ1) is 16.1. The van der Waals surface area contributed by atoms with Crippen LogP contribution < -0.4 is 4.74 Å². The normalized spacial score (nSPS) is 28.1. The highest BCUT2D eigenvalue weighted by atomic mass is 32.2. The Kier molecular flexibility index (Phi) is 5.34. The van der Waals surface area contributed by atoms with Crippen molar-refractivity contribution in [3.8, 4) is 5.75 Å². The third kappa shape index (κ3) is 3.81. The predicted molar refractivity (Wildman–Crippen MR) is 121 cm³/mol. The number of H-pyrrole nitrogens is 1. The quantitative estimate of drug-likeness (QED) is 0.529. The van der Waals surface area contributed by atoms with Crippen LogP contribution in [0.15, 0.2) is 41.7 Å². The summed E-state index contributed by atoms with van der Waals surface area (Å²) < 4.78 is 37.3. The monoisotopic (exact) mass is 469 g/mol. The molecule has 0 radical (unpaired) electrons. The number of pyridine rings is 1. The molecule has 1 saturated carbocycles. The summed E-state index contributed by atoms with van der Waals surface area (Å²) in [6.45, 7) is 4.06. The number of nitrogens with zero attached hydrogens (tertiary/aromatic N) is 2. The van der Waals surface area contributed by atoms with Gasteiger partial charge in [-0.2, -0.15) is 4.98 Å². The van der Waals surface area contributed by atoms with Gasteiger partial charge in [0, 0.05) is 28.9 Å². The molecule has 3 aliphatic heterocycles. The van der Waals surface area contributed by atoms with Gasteiger partial charge in [0.1, 0.15) is 12.4 Å². The fraction of sp³-hybridized carbons (Fsp3) is 0.500. The summed E-state index contributed by atoms with van der Waals surface area (Å²) in [7, 11) is 0. The molecular formula is C24H27N3O5S. The van der Waals surface area contributed by atoms with Gasteiger partial charge >= 0.3 is 5.16 Å². The Morgan fingerprint density at radius 1 is 1.15 bits per heavy atom. The Hall–Kier alpha value is -2.17. The molecule has 1 N–H and O–H groups in total. The number of aromatic nitrogens is 3. The molecule has 2 bridgehead atoms. The van der Waals surface area contributed by atoms with Gasteiger partial charge in [0.2, 0.25) is 0 Å². The number of fused-ring (bicyclic) bond motifs is 4. The number of rotatable bonds is 7. The standard InChI is InChI=1S/C24H27N3O5S/c1-16-20(11-33(28)22-26-18-7-2-3-8-19(18)27-22)25-10-9-21(16)29-12-23-13-30-24(31-14-23,32-15-23)17-5-4-6-17/h2-3,7-10,17H,4-6,11-15H2,1H3,(H,26,27). The van der Waals surface area contributed by atoms with Crippen molar-refractivity contribution >= 4 is 22.2 Å². The van der Waals surface area contributed by atoms with Crippen LogP contribution in [0.25, 0.3) is 11.0 Å². The van der Waals surface area contributed by atoms with Crippen LogP contribution in [-0.2, 0) is 31.1 Å². The van der Waals surface area contributed by atoms with Crippen LogP contribution in [-0.4, -0.2) is 51.9 Å². The first-order valence-corrected chi connectivity index (χ1v) is 12.7. The lowest BCUT2D eigenvalue weighted by atomic mass is 9.80. The Labute approximate surface area is 195 Å². The smallest absolute Gasteiger partial charge is 0.322 e. The maximum absolute atomic E-state index is 13.0. The van der Waals surface area contributed by atoms with Crippen LogP contribution in [0.5, 0.6) is 5.75 Å². The number of benzene rings is 1. The van der Waals surface area contributed by atoms with Crippen molar-refractivity contribution in [1.82, 2.24) is 15.0 Å². The van der Waals surface area contributed by atoms with E-state index in [1.54, 1.807) is 6.20 Å². The molecule has 3 saturated heterocycles. The van der Waals surface area contributed by atoms with Gasteiger partial charge in [-0.1, -0.05) is 18.6 Å². The molecule has 1 unspecified atom stereocenters. The molecule has 1 aromatic carbocycles. The van der Waals surface area contributed by atoms with Gasteiger partial charge in [0.15, 0.2) is 5.75 Å². The Balaban J connectivity index is 1.12. The third-order valence-electron chi connectivity index (χ3n) is 6.99. The highest BCUT2D eigenvalue weighted by Crippen LogP contribution is 2.48. The van der Waals surface area contributed by atoms with Gasteiger partial charge in [-0.3, -0.25) is 9.97 Å². The number of nitrogens with one attached hydrogen (secondary N) is 1. The molecule has 3 aromatic rings.